The van der Waals surface area contributed by atoms with Gasteiger partial charge in [-0.15, -0.1) is 0 Å². The lowest BCUT2D eigenvalue weighted by atomic mass is 9.88. The number of para-hydroxylation sites is 1. The minimum Gasteiger partial charge on any atom is -0.457 e. The molecule has 0 radical (unpaired) electrons. The molecule has 0 amide bonds. The molecule has 2 aromatic carbocycles. The topological polar surface area (TPSA) is 9.23 Å². The monoisotopic (exact) mass is 308 g/mol. The number of hydrogen-bond acceptors (Lipinski definition) is 1. The molecule has 23 heavy (non-hydrogen) atoms. The lowest BCUT2D eigenvalue weighted by Crippen LogP contribution is -2.00. The first-order chi connectivity index (χ1) is 11.2. The molecule has 1 heteroatoms. The zero-order chi connectivity index (χ0) is 16.5. The third-order valence-electron chi connectivity index (χ3n) is 4.12. The van der Waals surface area contributed by atoms with Crippen molar-refractivity contribution in [1.82, 2.24) is 0 Å². The number of allylic oxidation sites excluding steroid dienone is 2. The maximum absolute atomic E-state index is 5.94. The van der Waals surface area contributed by atoms with E-state index in [1.165, 1.54) is 24.0 Å². The van der Waals surface area contributed by atoms with Crippen molar-refractivity contribution in [3.05, 3.63) is 71.8 Å². The van der Waals surface area contributed by atoms with Crippen LogP contribution in [0.15, 0.2) is 60.7 Å². The second kappa shape index (κ2) is 9.19. The number of ether oxygens (including phenoxy) is 1. The van der Waals surface area contributed by atoms with Gasteiger partial charge in [0.05, 0.1) is 0 Å². The fraction of sp³-hybridized carbons (Fsp3) is 0.364. The summed E-state index contributed by atoms with van der Waals surface area (Å²) < 4.78 is 5.94. The maximum Gasteiger partial charge on any atom is 0.127 e. The van der Waals surface area contributed by atoms with Gasteiger partial charge in [-0.05, 0) is 67.5 Å². The molecule has 2 rings (SSSR count). The SMILES string of the molecule is CC/C=C\CC(CCC)c1ccc(Oc2ccccc2)cc1C. The highest BCUT2D eigenvalue weighted by Crippen LogP contribution is 2.31. The van der Waals surface area contributed by atoms with Crippen molar-refractivity contribution in [2.24, 2.45) is 0 Å². The highest BCUT2D eigenvalue weighted by molar-refractivity contribution is 5.39. The lowest BCUT2D eigenvalue weighted by Gasteiger charge is -2.18. The van der Waals surface area contributed by atoms with Crippen LogP contribution in [0.4, 0.5) is 0 Å². The predicted molar refractivity (Wildman–Crippen MR) is 99.4 cm³/mol. The third-order valence-corrected chi connectivity index (χ3v) is 4.12. The summed E-state index contributed by atoms with van der Waals surface area (Å²) in [6.45, 7) is 6.64. The van der Waals surface area contributed by atoms with E-state index < -0.39 is 0 Å². The van der Waals surface area contributed by atoms with Crippen molar-refractivity contribution in [3.63, 3.8) is 0 Å². The van der Waals surface area contributed by atoms with Gasteiger partial charge in [-0.1, -0.05) is 56.7 Å². The molecule has 0 bridgehead atoms. The van der Waals surface area contributed by atoms with Crippen LogP contribution < -0.4 is 4.74 Å². The summed E-state index contributed by atoms with van der Waals surface area (Å²) in [4.78, 5) is 0. The summed E-state index contributed by atoms with van der Waals surface area (Å²) in [7, 11) is 0. The van der Waals surface area contributed by atoms with Gasteiger partial charge in [0.25, 0.3) is 0 Å². The summed E-state index contributed by atoms with van der Waals surface area (Å²) in [5.74, 6) is 2.40. The van der Waals surface area contributed by atoms with Crippen LogP contribution in [0.2, 0.25) is 0 Å². The Hall–Kier alpha value is -2.02. The zero-order valence-corrected chi connectivity index (χ0v) is 14.6. The molecule has 0 aromatic heterocycles. The van der Waals surface area contributed by atoms with Gasteiger partial charge in [-0.3, -0.25) is 0 Å². The Bertz CT molecular complexity index is 613. The van der Waals surface area contributed by atoms with Crippen molar-refractivity contribution in [2.75, 3.05) is 0 Å². The molecule has 1 unspecified atom stereocenters. The van der Waals surface area contributed by atoms with Crippen LogP contribution in [0.25, 0.3) is 0 Å². The van der Waals surface area contributed by atoms with E-state index >= 15 is 0 Å². The lowest BCUT2D eigenvalue weighted by molar-refractivity contribution is 0.481. The van der Waals surface area contributed by atoms with E-state index in [1.54, 1.807) is 0 Å². The molecule has 0 fully saturated rings. The molecule has 0 saturated carbocycles. The molecule has 0 spiro atoms. The number of benzene rings is 2. The van der Waals surface area contributed by atoms with Crippen molar-refractivity contribution in [3.8, 4) is 11.5 Å². The number of aryl methyl sites for hydroxylation is 1. The second-order valence-electron chi connectivity index (χ2n) is 6.03. The van der Waals surface area contributed by atoms with Gasteiger partial charge in [0, 0.05) is 0 Å². The van der Waals surface area contributed by atoms with Gasteiger partial charge >= 0.3 is 0 Å². The fourth-order valence-corrected chi connectivity index (χ4v) is 2.97. The average molecular weight is 308 g/mol. The van der Waals surface area contributed by atoms with Crippen LogP contribution in [0.5, 0.6) is 11.5 Å². The first-order valence-electron chi connectivity index (χ1n) is 8.73. The van der Waals surface area contributed by atoms with Crippen LogP contribution in [-0.2, 0) is 0 Å². The van der Waals surface area contributed by atoms with Gasteiger partial charge in [-0.25, -0.2) is 0 Å². The van der Waals surface area contributed by atoms with Crippen LogP contribution in [0.3, 0.4) is 0 Å². The Morgan fingerprint density at radius 1 is 0.957 bits per heavy atom. The van der Waals surface area contributed by atoms with Gasteiger partial charge in [0.1, 0.15) is 11.5 Å². The highest BCUT2D eigenvalue weighted by Gasteiger charge is 2.12. The highest BCUT2D eigenvalue weighted by atomic mass is 16.5. The van der Waals surface area contributed by atoms with E-state index in [-0.39, 0.29) is 0 Å². The van der Waals surface area contributed by atoms with Crippen LogP contribution >= 0.6 is 0 Å². The predicted octanol–water partition coefficient (Wildman–Crippen LogP) is 7.03. The molecule has 122 valence electrons. The molecule has 0 aliphatic carbocycles. The van der Waals surface area contributed by atoms with Crippen LogP contribution in [0.1, 0.15) is 56.6 Å². The standard InChI is InChI=1S/C22H28O/c1-4-6-8-12-19(11-5-2)22-16-15-21(17-18(22)3)23-20-13-9-7-10-14-20/h6-10,13-17,19H,4-5,11-12H2,1-3H3/b8-6-. The minimum atomic E-state index is 0.605. The molecule has 0 aliphatic rings. The zero-order valence-electron chi connectivity index (χ0n) is 14.6. The first kappa shape index (κ1) is 17.3. The van der Waals surface area contributed by atoms with Crippen molar-refractivity contribution in [1.29, 1.82) is 0 Å². The van der Waals surface area contributed by atoms with Crippen molar-refractivity contribution < 1.29 is 4.74 Å². The van der Waals surface area contributed by atoms with E-state index in [0.29, 0.717) is 5.92 Å². The summed E-state index contributed by atoms with van der Waals surface area (Å²) >= 11 is 0. The summed E-state index contributed by atoms with van der Waals surface area (Å²) in [6, 6.07) is 16.5. The minimum absolute atomic E-state index is 0.605. The van der Waals surface area contributed by atoms with E-state index in [9.17, 15) is 0 Å². The third kappa shape index (κ3) is 5.28. The van der Waals surface area contributed by atoms with Crippen molar-refractivity contribution in [2.45, 2.75) is 52.4 Å². The van der Waals surface area contributed by atoms with Gasteiger partial charge in [-0.2, -0.15) is 0 Å². The molecular formula is C22H28O. The normalized spacial score (nSPS) is 12.5. The van der Waals surface area contributed by atoms with E-state index in [0.717, 1.165) is 24.3 Å². The molecule has 0 saturated heterocycles. The van der Waals surface area contributed by atoms with Gasteiger partial charge in [0.15, 0.2) is 0 Å². The second-order valence-corrected chi connectivity index (χ2v) is 6.03. The van der Waals surface area contributed by atoms with E-state index in [2.05, 4.69) is 51.1 Å². The number of rotatable bonds is 8. The van der Waals surface area contributed by atoms with Gasteiger partial charge < -0.3 is 4.74 Å². The quantitative estimate of drug-likeness (QED) is 0.476. The summed E-state index contributed by atoms with van der Waals surface area (Å²) in [6.07, 6.45) is 9.28. The molecule has 0 aliphatic heterocycles. The van der Waals surface area contributed by atoms with E-state index in [1.807, 2.05) is 30.3 Å². The van der Waals surface area contributed by atoms with E-state index in [4.69, 9.17) is 4.74 Å². The molecule has 0 heterocycles. The van der Waals surface area contributed by atoms with Crippen molar-refractivity contribution >= 4 is 0 Å². The Kier molecular flexibility index (Phi) is 6.93. The van der Waals surface area contributed by atoms with Crippen LogP contribution in [-0.4, -0.2) is 0 Å². The smallest absolute Gasteiger partial charge is 0.127 e. The summed E-state index contributed by atoms with van der Waals surface area (Å²) in [5.41, 5.74) is 2.77. The summed E-state index contributed by atoms with van der Waals surface area (Å²) in [5, 5.41) is 0. The first-order valence-corrected chi connectivity index (χ1v) is 8.73. The number of hydrogen-bond donors (Lipinski definition) is 0. The molecule has 1 nitrogen and oxygen atoms in total. The molecule has 1 atom stereocenters. The van der Waals surface area contributed by atoms with Gasteiger partial charge in [0.2, 0.25) is 0 Å². The maximum atomic E-state index is 5.94. The Labute approximate surface area is 141 Å². The fourth-order valence-electron chi connectivity index (χ4n) is 2.97. The average Bonchev–Trinajstić information content (AvgIpc) is 2.56. The largest absolute Gasteiger partial charge is 0.457 e. The Balaban J connectivity index is 2.14. The molecular weight excluding hydrogens is 280 g/mol. The van der Waals surface area contributed by atoms with Crippen LogP contribution in [0, 0.1) is 6.92 Å². The Morgan fingerprint density at radius 3 is 2.39 bits per heavy atom. The molecule has 2 aromatic rings. The Morgan fingerprint density at radius 2 is 1.74 bits per heavy atom. The molecule has 0 N–H and O–H groups in total.